The first-order valence-electron chi connectivity index (χ1n) is 4.83. The van der Waals surface area contributed by atoms with Crippen LogP contribution in [-0.2, 0) is 11.3 Å². The summed E-state index contributed by atoms with van der Waals surface area (Å²) in [6, 6.07) is 6.18. The molecule has 0 heterocycles. The van der Waals surface area contributed by atoms with Crippen molar-refractivity contribution in [3.8, 4) is 0 Å². The Hall–Kier alpha value is -1.13. The predicted molar refractivity (Wildman–Crippen MR) is 64.0 cm³/mol. The van der Waals surface area contributed by atoms with Gasteiger partial charge in [0.2, 0.25) is 5.91 Å². The zero-order valence-corrected chi connectivity index (χ0v) is 10.1. The largest absolute Gasteiger partial charge is 0.358 e. The fourth-order valence-electron chi connectivity index (χ4n) is 1.21. The molecule has 0 aliphatic heterocycles. The fourth-order valence-corrected chi connectivity index (χ4v) is 1.21. The Morgan fingerprint density at radius 1 is 1.44 bits per heavy atom. The van der Waals surface area contributed by atoms with E-state index >= 15 is 0 Å². The van der Waals surface area contributed by atoms with Gasteiger partial charge < -0.3 is 10.6 Å². The summed E-state index contributed by atoms with van der Waals surface area (Å²) >= 11 is 0. The van der Waals surface area contributed by atoms with Crippen molar-refractivity contribution in [2.75, 3.05) is 7.05 Å². The topological polar surface area (TPSA) is 41.1 Å². The van der Waals surface area contributed by atoms with Crippen molar-refractivity contribution in [3.05, 3.63) is 35.6 Å². The van der Waals surface area contributed by atoms with Crippen LogP contribution in [0, 0.1) is 5.82 Å². The maximum absolute atomic E-state index is 13.2. The molecule has 1 atom stereocenters. The van der Waals surface area contributed by atoms with Gasteiger partial charge in [-0.2, -0.15) is 0 Å². The van der Waals surface area contributed by atoms with Crippen LogP contribution >= 0.6 is 12.4 Å². The van der Waals surface area contributed by atoms with Crippen molar-refractivity contribution in [2.45, 2.75) is 19.5 Å². The van der Waals surface area contributed by atoms with Gasteiger partial charge in [-0.25, -0.2) is 4.39 Å². The number of amides is 1. The minimum atomic E-state index is -0.324. The predicted octanol–water partition coefficient (Wildman–Crippen LogP) is 1.47. The first-order chi connectivity index (χ1) is 7.15. The van der Waals surface area contributed by atoms with Gasteiger partial charge in [0.25, 0.3) is 0 Å². The van der Waals surface area contributed by atoms with E-state index in [0.717, 1.165) is 0 Å². The summed E-state index contributed by atoms with van der Waals surface area (Å²) in [5.74, 6) is -0.361. The molecule has 90 valence electrons. The summed E-state index contributed by atoms with van der Waals surface area (Å²) in [6.07, 6.45) is 0. The molecule has 1 amide bonds. The summed E-state index contributed by atoms with van der Waals surface area (Å²) in [5.41, 5.74) is 0.563. The lowest BCUT2D eigenvalue weighted by Gasteiger charge is -2.12. The monoisotopic (exact) mass is 246 g/mol. The van der Waals surface area contributed by atoms with Crippen LogP contribution in [0.4, 0.5) is 4.39 Å². The second kappa shape index (κ2) is 7.19. The van der Waals surface area contributed by atoms with Crippen molar-refractivity contribution in [1.82, 2.24) is 10.6 Å². The van der Waals surface area contributed by atoms with Gasteiger partial charge >= 0.3 is 0 Å². The SMILES string of the molecule is CNC(=O)[C@@H](C)NCc1ccccc1F.Cl. The van der Waals surface area contributed by atoms with Crippen molar-refractivity contribution >= 4 is 18.3 Å². The van der Waals surface area contributed by atoms with Crippen molar-refractivity contribution < 1.29 is 9.18 Å². The second-order valence-corrected chi connectivity index (χ2v) is 3.31. The van der Waals surface area contributed by atoms with Crippen LogP contribution in [-0.4, -0.2) is 19.0 Å². The third-order valence-electron chi connectivity index (χ3n) is 2.20. The first-order valence-corrected chi connectivity index (χ1v) is 4.83. The molecule has 0 aromatic heterocycles. The van der Waals surface area contributed by atoms with Crippen LogP contribution < -0.4 is 10.6 Å². The number of likely N-dealkylation sites (N-methyl/N-ethyl adjacent to an activating group) is 1. The van der Waals surface area contributed by atoms with Gasteiger partial charge in [0, 0.05) is 19.2 Å². The smallest absolute Gasteiger partial charge is 0.236 e. The Morgan fingerprint density at radius 3 is 2.62 bits per heavy atom. The maximum atomic E-state index is 13.2. The molecule has 0 fully saturated rings. The van der Waals surface area contributed by atoms with Crippen LogP contribution in [0.15, 0.2) is 24.3 Å². The molecular formula is C11H16ClFN2O. The number of hydrogen-bond donors (Lipinski definition) is 2. The molecule has 0 radical (unpaired) electrons. The lowest BCUT2D eigenvalue weighted by molar-refractivity contribution is -0.122. The Labute approximate surface area is 101 Å². The number of benzene rings is 1. The lowest BCUT2D eigenvalue weighted by Crippen LogP contribution is -2.40. The number of carbonyl (C=O) groups excluding carboxylic acids is 1. The third-order valence-corrected chi connectivity index (χ3v) is 2.20. The first kappa shape index (κ1) is 14.9. The van der Waals surface area contributed by atoms with E-state index in [1.165, 1.54) is 6.07 Å². The molecule has 16 heavy (non-hydrogen) atoms. The van der Waals surface area contributed by atoms with E-state index in [9.17, 15) is 9.18 Å². The van der Waals surface area contributed by atoms with E-state index in [0.29, 0.717) is 12.1 Å². The molecular weight excluding hydrogens is 231 g/mol. The van der Waals surface area contributed by atoms with E-state index < -0.39 is 0 Å². The molecule has 0 aliphatic rings. The zero-order valence-electron chi connectivity index (χ0n) is 9.29. The van der Waals surface area contributed by atoms with Crippen molar-refractivity contribution in [1.29, 1.82) is 0 Å². The quantitative estimate of drug-likeness (QED) is 0.845. The Balaban J connectivity index is 0.00000225. The summed E-state index contributed by atoms with van der Waals surface area (Å²) in [7, 11) is 1.57. The molecule has 1 aromatic carbocycles. The Kier molecular flexibility index (Phi) is 6.69. The van der Waals surface area contributed by atoms with E-state index in [1.807, 2.05) is 0 Å². The molecule has 2 N–H and O–H groups in total. The minimum Gasteiger partial charge on any atom is -0.358 e. The number of halogens is 2. The molecule has 0 bridgehead atoms. The minimum absolute atomic E-state index is 0. The van der Waals surface area contributed by atoms with Crippen LogP contribution in [0.5, 0.6) is 0 Å². The molecule has 0 saturated heterocycles. The average Bonchev–Trinajstić information content (AvgIpc) is 2.26. The van der Waals surface area contributed by atoms with Gasteiger partial charge in [-0.3, -0.25) is 4.79 Å². The molecule has 5 heteroatoms. The normalized spacial score (nSPS) is 11.4. The van der Waals surface area contributed by atoms with Crippen molar-refractivity contribution in [3.63, 3.8) is 0 Å². The highest BCUT2D eigenvalue weighted by Crippen LogP contribution is 2.05. The number of hydrogen-bond acceptors (Lipinski definition) is 2. The Morgan fingerprint density at radius 2 is 2.06 bits per heavy atom. The molecule has 0 saturated carbocycles. The van der Waals surface area contributed by atoms with Gasteiger partial charge in [0.15, 0.2) is 0 Å². The summed E-state index contributed by atoms with van der Waals surface area (Å²) < 4.78 is 13.2. The van der Waals surface area contributed by atoms with Gasteiger partial charge in [0.1, 0.15) is 5.82 Å². The average molecular weight is 247 g/mol. The maximum Gasteiger partial charge on any atom is 0.236 e. The number of nitrogens with one attached hydrogen (secondary N) is 2. The summed E-state index contributed by atoms with van der Waals surface area (Å²) in [6.45, 7) is 2.08. The van der Waals surface area contributed by atoms with Crippen LogP contribution in [0.3, 0.4) is 0 Å². The highest BCUT2D eigenvalue weighted by atomic mass is 35.5. The van der Waals surface area contributed by atoms with Gasteiger partial charge in [0.05, 0.1) is 6.04 Å². The van der Waals surface area contributed by atoms with Crippen molar-refractivity contribution in [2.24, 2.45) is 0 Å². The van der Waals surface area contributed by atoms with E-state index in [2.05, 4.69) is 10.6 Å². The van der Waals surface area contributed by atoms with Gasteiger partial charge in [-0.1, -0.05) is 18.2 Å². The molecule has 1 rings (SSSR count). The summed E-state index contributed by atoms with van der Waals surface area (Å²) in [5, 5.41) is 5.46. The Bertz CT molecular complexity index is 347. The fraction of sp³-hybridized carbons (Fsp3) is 0.364. The number of carbonyl (C=O) groups is 1. The highest BCUT2D eigenvalue weighted by molar-refractivity contribution is 5.85. The van der Waals surface area contributed by atoms with Gasteiger partial charge in [-0.05, 0) is 13.0 Å². The van der Waals surface area contributed by atoms with Crippen LogP contribution in [0.2, 0.25) is 0 Å². The molecule has 0 spiro atoms. The molecule has 0 unspecified atom stereocenters. The van der Waals surface area contributed by atoms with Crippen LogP contribution in [0.1, 0.15) is 12.5 Å². The number of rotatable bonds is 4. The summed E-state index contributed by atoms with van der Waals surface area (Å²) in [4.78, 5) is 11.2. The van der Waals surface area contributed by atoms with E-state index in [-0.39, 0.29) is 30.2 Å². The molecule has 1 aromatic rings. The lowest BCUT2D eigenvalue weighted by atomic mass is 10.2. The van der Waals surface area contributed by atoms with E-state index in [1.54, 1.807) is 32.2 Å². The standard InChI is InChI=1S/C11H15FN2O.ClH/c1-8(11(15)13-2)14-7-9-5-3-4-6-10(9)12;/h3-6,8,14H,7H2,1-2H3,(H,13,15);1H/t8-;/m1./s1. The van der Waals surface area contributed by atoms with Gasteiger partial charge in [-0.15, -0.1) is 12.4 Å². The van der Waals surface area contributed by atoms with E-state index in [4.69, 9.17) is 0 Å². The zero-order chi connectivity index (χ0) is 11.3. The highest BCUT2D eigenvalue weighted by Gasteiger charge is 2.10. The molecule has 0 aliphatic carbocycles. The van der Waals surface area contributed by atoms with Crippen LogP contribution in [0.25, 0.3) is 0 Å². The second-order valence-electron chi connectivity index (χ2n) is 3.31. The molecule has 3 nitrogen and oxygen atoms in total. The third kappa shape index (κ3) is 4.16.